The highest BCUT2D eigenvalue weighted by atomic mass is 32.2. The number of amides is 2. The maximum absolute atomic E-state index is 12.1. The molecule has 9 heteroatoms. The molecule has 0 bridgehead atoms. The van der Waals surface area contributed by atoms with Gasteiger partial charge in [0.2, 0.25) is 11.8 Å². The van der Waals surface area contributed by atoms with E-state index in [9.17, 15) is 18.0 Å². The molecular formula is C13H23N3O5S. The van der Waals surface area contributed by atoms with Gasteiger partial charge in [0.1, 0.15) is 6.61 Å². The van der Waals surface area contributed by atoms with Gasteiger partial charge >= 0.3 is 0 Å². The summed E-state index contributed by atoms with van der Waals surface area (Å²) in [5.74, 6) is -0.317. The second-order valence-corrected chi connectivity index (χ2v) is 8.14. The van der Waals surface area contributed by atoms with Crippen molar-refractivity contribution in [2.75, 3.05) is 59.0 Å². The minimum atomic E-state index is -3.20. The average molecular weight is 333 g/mol. The predicted molar refractivity (Wildman–Crippen MR) is 80.1 cm³/mol. The van der Waals surface area contributed by atoms with E-state index in [1.807, 2.05) is 4.90 Å². The fourth-order valence-electron chi connectivity index (χ4n) is 3.05. The van der Waals surface area contributed by atoms with Crippen LogP contribution in [0, 0.1) is 0 Å². The number of carbonyl (C=O) groups excluding carboxylic acids is 2. The number of hydrogen-bond donors (Lipinski definition) is 0. The molecule has 2 fully saturated rings. The zero-order valence-electron chi connectivity index (χ0n) is 13.2. The van der Waals surface area contributed by atoms with Crippen molar-refractivity contribution in [3.63, 3.8) is 0 Å². The van der Waals surface area contributed by atoms with Crippen LogP contribution in [0.4, 0.5) is 0 Å². The number of carbonyl (C=O) groups is 2. The number of hydrogen-bond acceptors (Lipinski definition) is 6. The van der Waals surface area contributed by atoms with Crippen LogP contribution in [-0.2, 0) is 24.2 Å². The number of ether oxygens (including phenoxy) is 1. The van der Waals surface area contributed by atoms with Crippen LogP contribution in [0.15, 0.2) is 0 Å². The summed E-state index contributed by atoms with van der Waals surface area (Å²) in [7, 11) is 1.58. The van der Waals surface area contributed by atoms with Gasteiger partial charge < -0.3 is 14.5 Å². The van der Waals surface area contributed by atoms with E-state index < -0.39 is 15.9 Å². The summed E-state index contributed by atoms with van der Waals surface area (Å²) >= 11 is 0. The second-order valence-electron chi connectivity index (χ2n) is 5.99. The molecule has 2 aliphatic heterocycles. The zero-order chi connectivity index (χ0) is 16.5. The third kappa shape index (κ3) is 3.58. The van der Waals surface area contributed by atoms with Crippen molar-refractivity contribution in [3.8, 4) is 0 Å². The fourth-order valence-corrected chi connectivity index (χ4v) is 5.06. The molecule has 2 rings (SSSR count). The number of sulfone groups is 1. The highest BCUT2D eigenvalue weighted by Crippen LogP contribution is 2.27. The first kappa shape index (κ1) is 17.2. The third-order valence-corrected chi connectivity index (χ3v) is 5.92. The normalized spacial score (nSPS) is 27.5. The first-order chi connectivity index (χ1) is 10.2. The SMILES string of the molecule is COCC(=O)N1CCN(CC(=O)N(C)C)[C@H]2CS(=O)(=O)C[C@H]21. The summed E-state index contributed by atoms with van der Waals surface area (Å²) in [5.41, 5.74) is 0. The van der Waals surface area contributed by atoms with Crippen LogP contribution in [0.2, 0.25) is 0 Å². The minimum absolute atomic E-state index is 0.00482. The molecule has 0 N–H and O–H groups in total. The molecule has 0 aromatic heterocycles. The summed E-state index contributed by atoms with van der Waals surface area (Å²) in [6.45, 7) is 1.03. The Kier molecular flexibility index (Phi) is 5.08. The molecular weight excluding hydrogens is 310 g/mol. The van der Waals surface area contributed by atoms with Crippen molar-refractivity contribution >= 4 is 21.7 Å². The second kappa shape index (κ2) is 6.51. The maximum atomic E-state index is 12.1. The van der Waals surface area contributed by atoms with Gasteiger partial charge in [-0.3, -0.25) is 14.5 Å². The van der Waals surface area contributed by atoms with Gasteiger partial charge in [0.05, 0.1) is 24.1 Å². The van der Waals surface area contributed by atoms with Crippen molar-refractivity contribution in [3.05, 3.63) is 0 Å². The summed E-state index contributed by atoms with van der Waals surface area (Å²) in [6.07, 6.45) is 0. The lowest BCUT2D eigenvalue weighted by atomic mass is 10.0. The Morgan fingerprint density at radius 3 is 2.41 bits per heavy atom. The molecule has 22 heavy (non-hydrogen) atoms. The molecule has 0 spiro atoms. The largest absolute Gasteiger partial charge is 0.375 e. The van der Waals surface area contributed by atoms with Crippen LogP contribution in [-0.4, -0.2) is 106 Å². The molecule has 0 aromatic carbocycles. The molecule has 2 heterocycles. The Morgan fingerprint density at radius 2 is 1.82 bits per heavy atom. The van der Waals surface area contributed by atoms with Gasteiger partial charge in [-0.2, -0.15) is 0 Å². The molecule has 0 saturated carbocycles. The zero-order valence-corrected chi connectivity index (χ0v) is 14.0. The smallest absolute Gasteiger partial charge is 0.248 e. The molecule has 0 aromatic rings. The molecule has 2 amide bonds. The Labute approximate surface area is 130 Å². The van der Waals surface area contributed by atoms with Gasteiger partial charge in [0.25, 0.3) is 0 Å². The fraction of sp³-hybridized carbons (Fsp3) is 0.846. The van der Waals surface area contributed by atoms with E-state index in [1.165, 1.54) is 12.0 Å². The Morgan fingerprint density at radius 1 is 1.18 bits per heavy atom. The van der Waals surface area contributed by atoms with E-state index in [1.54, 1.807) is 19.0 Å². The molecule has 2 saturated heterocycles. The summed E-state index contributed by atoms with van der Waals surface area (Å²) in [5, 5.41) is 0. The molecule has 0 unspecified atom stereocenters. The quantitative estimate of drug-likeness (QED) is 0.593. The van der Waals surface area contributed by atoms with Crippen LogP contribution in [0.25, 0.3) is 0 Å². The number of likely N-dealkylation sites (N-methyl/N-ethyl adjacent to an activating group) is 1. The van der Waals surface area contributed by atoms with Crippen LogP contribution in [0.3, 0.4) is 0 Å². The van der Waals surface area contributed by atoms with Crippen molar-refractivity contribution in [1.82, 2.24) is 14.7 Å². The van der Waals surface area contributed by atoms with Gasteiger partial charge in [0, 0.05) is 40.3 Å². The molecule has 8 nitrogen and oxygen atoms in total. The third-order valence-electron chi connectivity index (χ3n) is 4.22. The van der Waals surface area contributed by atoms with E-state index >= 15 is 0 Å². The van der Waals surface area contributed by atoms with Crippen LogP contribution >= 0.6 is 0 Å². The summed E-state index contributed by atoms with van der Waals surface area (Å²) in [4.78, 5) is 29.0. The van der Waals surface area contributed by atoms with Gasteiger partial charge in [-0.05, 0) is 0 Å². The first-order valence-electron chi connectivity index (χ1n) is 7.18. The van der Waals surface area contributed by atoms with Crippen molar-refractivity contribution in [2.45, 2.75) is 12.1 Å². The van der Waals surface area contributed by atoms with Gasteiger partial charge in [0.15, 0.2) is 9.84 Å². The number of methoxy groups -OCH3 is 1. The van der Waals surface area contributed by atoms with E-state index in [0.717, 1.165) is 0 Å². The highest BCUT2D eigenvalue weighted by molar-refractivity contribution is 7.91. The monoisotopic (exact) mass is 333 g/mol. The minimum Gasteiger partial charge on any atom is -0.375 e. The molecule has 0 aliphatic carbocycles. The summed E-state index contributed by atoms with van der Waals surface area (Å²) in [6, 6.07) is -0.709. The first-order valence-corrected chi connectivity index (χ1v) is 9.00. The van der Waals surface area contributed by atoms with Gasteiger partial charge in [-0.25, -0.2) is 8.42 Å². The van der Waals surface area contributed by atoms with E-state index in [2.05, 4.69) is 0 Å². The van der Waals surface area contributed by atoms with E-state index in [0.29, 0.717) is 13.1 Å². The van der Waals surface area contributed by atoms with Crippen LogP contribution in [0.5, 0.6) is 0 Å². The molecule has 126 valence electrons. The predicted octanol–water partition coefficient (Wildman–Crippen LogP) is -1.97. The van der Waals surface area contributed by atoms with Crippen LogP contribution in [0.1, 0.15) is 0 Å². The van der Waals surface area contributed by atoms with Crippen molar-refractivity contribution in [2.24, 2.45) is 0 Å². The molecule has 0 radical (unpaired) electrons. The van der Waals surface area contributed by atoms with E-state index in [-0.39, 0.29) is 42.5 Å². The number of fused-ring (bicyclic) bond motifs is 1. The Hall–Kier alpha value is -1.19. The summed E-state index contributed by atoms with van der Waals surface area (Å²) < 4.78 is 28.9. The van der Waals surface area contributed by atoms with Crippen molar-refractivity contribution in [1.29, 1.82) is 0 Å². The average Bonchev–Trinajstić information content (AvgIpc) is 2.74. The maximum Gasteiger partial charge on any atom is 0.248 e. The molecule has 2 aliphatic rings. The highest BCUT2D eigenvalue weighted by Gasteiger charge is 2.48. The lowest BCUT2D eigenvalue weighted by Gasteiger charge is -2.43. The lowest BCUT2D eigenvalue weighted by molar-refractivity contribution is -0.142. The van der Waals surface area contributed by atoms with Crippen LogP contribution < -0.4 is 0 Å². The van der Waals surface area contributed by atoms with Gasteiger partial charge in [-0.1, -0.05) is 0 Å². The Bertz CT molecular complexity index is 548. The molecule has 2 atom stereocenters. The van der Waals surface area contributed by atoms with Crippen molar-refractivity contribution < 1.29 is 22.7 Å². The lowest BCUT2D eigenvalue weighted by Crippen LogP contribution is -2.62. The topological polar surface area (TPSA) is 87.2 Å². The number of piperazine rings is 1. The number of rotatable bonds is 4. The van der Waals surface area contributed by atoms with E-state index in [4.69, 9.17) is 4.74 Å². The van der Waals surface area contributed by atoms with Gasteiger partial charge in [-0.15, -0.1) is 0 Å². The Balaban J connectivity index is 2.17. The number of nitrogens with zero attached hydrogens (tertiary/aromatic N) is 3. The standard InChI is InChI=1S/C13H23N3O5S/c1-14(2)12(17)6-15-4-5-16(13(18)7-21-3)11-9-22(19,20)8-10(11)15/h10-11H,4-9H2,1-3H3/t10-,11+/m0/s1.